The van der Waals surface area contributed by atoms with E-state index >= 15 is 0 Å². The molecule has 0 fully saturated rings. The van der Waals surface area contributed by atoms with Crippen LogP contribution >= 0.6 is 0 Å². The first-order valence-corrected chi connectivity index (χ1v) is 4.06. The molecule has 0 bridgehead atoms. The molecule has 3 heteroatoms. The van der Waals surface area contributed by atoms with Gasteiger partial charge in [-0.3, -0.25) is 4.79 Å². The van der Waals surface area contributed by atoms with E-state index in [0.29, 0.717) is 12.3 Å². The number of hydrogen-bond donors (Lipinski definition) is 2. The van der Waals surface area contributed by atoms with Crippen molar-refractivity contribution >= 4 is 5.91 Å². The lowest BCUT2D eigenvalue weighted by molar-refractivity contribution is -0.118. The highest BCUT2D eigenvalue weighted by molar-refractivity contribution is 5.73. The van der Waals surface area contributed by atoms with Crippen LogP contribution in [0.1, 0.15) is 32.6 Å². The molecule has 0 aliphatic heterocycles. The maximum absolute atomic E-state index is 10.4. The second-order valence-electron chi connectivity index (χ2n) is 2.99. The number of nitrogens with two attached hydrogens (primary N) is 1. The Balaban J connectivity index is 3.22. The molecular formula is C8H17NO2. The lowest BCUT2D eigenvalue weighted by Gasteiger charge is -2.06. The maximum atomic E-state index is 10.4. The number of carbonyl (C=O) groups is 1. The van der Waals surface area contributed by atoms with Crippen LogP contribution in [0.3, 0.4) is 0 Å². The molecule has 66 valence electrons. The first-order chi connectivity index (χ1) is 5.16. The molecule has 11 heavy (non-hydrogen) atoms. The van der Waals surface area contributed by atoms with E-state index in [1.165, 1.54) is 0 Å². The van der Waals surface area contributed by atoms with Gasteiger partial charge >= 0.3 is 0 Å². The molecule has 0 saturated heterocycles. The number of hydrogen-bond acceptors (Lipinski definition) is 2. The molecule has 0 aromatic rings. The van der Waals surface area contributed by atoms with E-state index in [9.17, 15) is 4.79 Å². The highest BCUT2D eigenvalue weighted by atomic mass is 16.2. The highest BCUT2D eigenvalue weighted by Crippen LogP contribution is 2.10. The van der Waals surface area contributed by atoms with Crippen molar-refractivity contribution in [1.82, 2.24) is 0 Å². The van der Waals surface area contributed by atoms with Crippen LogP contribution in [0.4, 0.5) is 0 Å². The molecule has 0 heterocycles. The fourth-order valence-electron chi connectivity index (χ4n) is 1.05. The van der Waals surface area contributed by atoms with Gasteiger partial charge in [0.1, 0.15) is 0 Å². The minimum atomic E-state index is -0.235. The van der Waals surface area contributed by atoms with Gasteiger partial charge < -0.3 is 10.8 Å². The molecular weight excluding hydrogens is 142 g/mol. The van der Waals surface area contributed by atoms with Gasteiger partial charge in [0.25, 0.3) is 0 Å². The molecule has 0 rings (SSSR count). The lowest BCUT2D eigenvalue weighted by Crippen LogP contribution is -2.14. The van der Waals surface area contributed by atoms with Gasteiger partial charge in [0.2, 0.25) is 5.91 Å². The van der Waals surface area contributed by atoms with Gasteiger partial charge in [-0.05, 0) is 12.3 Å². The van der Waals surface area contributed by atoms with Crippen molar-refractivity contribution < 1.29 is 9.90 Å². The number of aliphatic hydroxyl groups is 1. The van der Waals surface area contributed by atoms with Crippen molar-refractivity contribution in [3.05, 3.63) is 0 Å². The first-order valence-electron chi connectivity index (χ1n) is 4.06. The molecule has 0 radical (unpaired) electrons. The van der Waals surface area contributed by atoms with Crippen LogP contribution in [0.2, 0.25) is 0 Å². The summed E-state index contributed by atoms with van der Waals surface area (Å²) in [6, 6.07) is 0. The van der Waals surface area contributed by atoms with Gasteiger partial charge in [-0.1, -0.05) is 19.8 Å². The Hall–Kier alpha value is -0.570. The molecule has 0 saturated carbocycles. The Morgan fingerprint density at radius 3 is 2.64 bits per heavy atom. The quantitative estimate of drug-likeness (QED) is 0.559. The smallest absolute Gasteiger partial charge is 0.217 e. The predicted octanol–water partition coefficient (Wildman–Crippen LogP) is 0.661. The van der Waals surface area contributed by atoms with Gasteiger partial charge in [0.15, 0.2) is 0 Å². The second kappa shape index (κ2) is 6.16. The average Bonchev–Trinajstić information content (AvgIpc) is 1.86. The number of aliphatic hydroxyl groups excluding tert-OH is 1. The van der Waals surface area contributed by atoms with Crippen LogP contribution in [-0.4, -0.2) is 17.6 Å². The van der Waals surface area contributed by atoms with Crippen LogP contribution in [0, 0.1) is 5.92 Å². The summed E-state index contributed by atoms with van der Waals surface area (Å²) in [6.45, 7) is 2.24. The molecule has 0 aromatic carbocycles. The fraction of sp³-hybridized carbons (Fsp3) is 0.875. The average molecular weight is 159 g/mol. The summed E-state index contributed by atoms with van der Waals surface area (Å²) >= 11 is 0. The second-order valence-corrected chi connectivity index (χ2v) is 2.99. The summed E-state index contributed by atoms with van der Waals surface area (Å²) in [5.74, 6) is 0.126. The van der Waals surface area contributed by atoms with Crippen molar-refractivity contribution in [2.24, 2.45) is 11.7 Å². The zero-order valence-electron chi connectivity index (χ0n) is 7.05. The summed E-state index contributed by atoms with van der Waals surface area (Å²) in [5, 5.41) is 8.47. The number of primary amides is 1. The Bertz CT molecular complexity index is 115. The van der Waals surface area contributed by atoms with E-state index in [2.05, 4.69) is 0 Å². The molecule has 1 unspecified atom stereocenters. The summed E-state index contributed by atoms with van der Waals surface area (Å²) in [6.07, 6.45) is 3.24. The van der Waals surface area contributed by atoms with E-state index in [0.717, 1.165) is 19.3 Å². The van der Waals surface area contributed by atoms with Gasteiger partial charge in [0, 0.05) is 13.0 Å². The molecule has 0 aliphatic carbocycles. The third-order valence-corrected chi connectivity index (χ3v) is 1.65. The molecule has 3 N–H and O–H groups in total. The SMILES string of the molecule is CC(CCCCO)CC(N)=O. The third kappa shape index (κ3) is 7.33. The Morgan fingerprint density at radius 2 is 2.18 bits per heavy atom. The van der Waals surface area contributed by atoms with Crippen LogP contribution in [0.25, 0.3) is 0 Å². The van der Waals surface area contributed by atoms with Gasteiger partial charge in [-0.15, -0.1) is 0 Å². The number of unbranched alkanes of at least 4 members (excludes halogenated alkanes) is 1. The van der Waals surface area contributed by atoms with Crippen molar-refractivity contribution in [3.8, 4) is 0 Å². The standard InChI is InChI=1S/C8H17NO2/c1-7(6-8(9)11)4-2-3-5-10/h7,10H,2-6H2,1H3,(H2,9,11). The molecule has 0 aromatic heterocycles. The summed E-state index contributed by atoms with van der Waals surface area (Å²) < 4.78 is 0. The van der Waals surface area contributed by atoms with E-state index in [1.54, 1.807) is 0 Å². The first kappa shape index (κ1) is 10.4. The zero-order valence-corrected chi connectivity index (χ0v) is 7.05. The van der Waals surface area contributed by atoms with E-state index in [1.807, 2.05) is 6.92 Å². The van der Waals surface area contributed by atoms with Crippen LogP contribution in [-0.2, 0) is 4.79 Å². The van der Waals surface area contributed by atoms with Gasteiger partial charge in [-0.2, -0.15) is 0 Å². The molecule has 1 atom stereocenters. The molecule has 1 amide bonds. The number of carbonyl (C=O) groups excluding carboxylic acids is 1. The minimum Gasteiger partial charge on any atom is -0.396 e. The molecule has 3 nitrogen and oxygen atoms in total. The lowest BCUT2D eigenvalue weighted by atomic mass is 10.0. The Morgan fingerprint density at radius 1 is 1.55 bits per heavy atom. The molecule has 0 aliphatic rings. The maximum Gasteiger partial charge on any atom is 0.217 e. The van der Waals surface area contributed by atoms with Crippen molar-refractivity contribution in [1.29, 1.82) is 0 Å². The van der Waals surface area contributed by atoms with Crippen molar-refractivity contribution in [2.75, 3.05) is 6.61 Å². The van der Waals surface area contributed by atoms with Crippen LogP contribution < -0.4 is 5.73 Å². The summed E-state index contributed by atoms with van der Waals surface area (Å²) in [5.41, 5.74) is 5.01. The number of amides is 1. The van der Waals surface area contributed by atoms with E-state index in [-0.39, 0.29) is 12.5 Å². The zero-order chi connectivity index (χ0) is 8.69. The van der Waals surface area contributed by atoms with Gasteiger partial charge in [-0.25, -0.2) is 0 Å². The molecule has 0 spiro atoms. The summed E-state index contributed by atoms with van der Waals surface area (Å²) in [4.78, 5) is 10.4. The number of rotatable bonds is 6. The van der Waals surface area contributed by atoms with Crippen molar-refractivity contribution in [2.45, 2.75) is 32.6 Å². The Kier molecular flexibility index (Phi) is 5.84. The van der Waals surface area contributed by atoms with E-state index in [4.69, 9.17) is 10.8 Å². The Labute approximate surface area is 67.6 Å². The van der Waals surface area contributed by atoms with Crippen LogP contribution in [0.5, 0.6) is 0 Å². The predicted molar refractivity (Wildman–Crippen MR) is 43.9 cm³/mol. The monoisotopic (exact) mass is 159 g/mol. The van der Waals surface area contributed by atoms with Crippen molar-refractivity contribution in [3.63, 3.8) is 0 Å². The topological polar surface area (TPSA) is 63.3 Å². The summed E-state index contributed by atoms with van der Waals surface area (Å²) in [7, 11) is 0. The highest BCUT2D eigenvalue weighted by Gasteiger charge is 2.04. The van der Waals surface area contributed by atoms with Gasteiger partial charge in [0.05, 0.1) is 0 Å². The fourth-order valence-corrected chi connectivity index (χ4v) is 1.05. The normalized spacial score (nSPS) is 12.9. The van der Waals surface area contributed by atoms with Crippen LogP contribution in [0.15, 0.2) is 0 Å². The minimum absolute atomic E-state index is 0.235. The third-order valence-electron chi connectivity index (χ3n) is 1.65. The van der Waals surface area contributed by atoms with E-state index < -0.39 is 0 Å². The largest absolute Gasteiger partial charge is 0.396 e.